The molecule has 0 N–H and O–H groups in total. The van der Waals surface area contributed by atoms with Gasteiger partial charge in [-0.3, -0.25) is 0 Å². The molecule has 49 heavy (non-hydrogen) atoms. The minimum Gasteiger partial charge on any atom is -0.456 e. The fourth-order valence-corrected chi connectivity index (χ4v) is 7.10. The zero-order chi connectivity index (χ0) is 41.9. The van der Waals surface area contributed by atoms with Gasteiger partial charge in [-0.2, -0.15) is 0 Å². The first-order valence-corrected chi connectivity index (χ1v) is 16.0. The Bertz CT molecular complexity index is 3420. The van der Waals surface area contributed by atoms with E-state index in [0.717, 1.165) is 54.6 Å². The quantitative estimate of drug-likeness (QED) is 0.176. The summed E-state index contributed by atoms with van der Waals surface area (Å²) in [4.78, 5) is 0. The molecule has 0 saturated heterocycles. The van der Waals surface area contributed by atoms with E-state index in [1.54, 1.807) is 0 Å². The highest BCUT2D eigenvalue weighted by Crippen LogP contribution is 2.46. The molecule has 0 aliphatic carbocycles. The number of furan rings is 1. The molecule has 10 rings (SSSR count). The van der Waals surface area contributed by atoms with Crippen molar-refractivity contribution in [2.24, 2.45) is 0 Å². The van der Waals surface area contributed by atoms with Crippen LogP contribution in [0, 0.1) is 0 Å². The maximum atomic E-state index is 9.63. The average Bonchev–Trinajstić information content (AvgIpc) is 3.69. The SMILES string of the molecule is [2H]c1c([2H])c([2H])c(-c2c([2H])c([2H])c3c(oc4c([2H])c([2H])c(-c5ccc(-c6c7ccccc7c(-c7ccccc7)c7ccccc67)c6ccccc56)c([2H])c43)c2[2H])c([2H])c1[2H]. The molecular weight excluding hydrogens is 593 g/mol. The van der Waals surface area contributed by atoms with Crippen LogP contribution in [0.25, 0.3) is 98.8 Å². The standard InChI is InChI=1S/C48H30O/c1-3-13-31(14-4-1)33-23-25-38-44-29-34(24-28-45(44)49-46(38)30-33)35-26-27-43(37-18-8-7-17-36(35)37)48-41-21-11-9-19-39(41)47(32-15-5-2-6-16-32)40-20-10-12-22-42(40)48/h1-30H/i1D,3D,4D,13D,14D,23D,24D,25D,28D,29D,30D. The predicted octanol–water partition coefficient (Wildman–Crippen LogP) is 13.7. The third kappa shape index (κ3) is 4.40. The number of benzene rings is 9. The fraction of sp³-hybridized carbons (Fsp3) is 0. The molecule has 1 heteroatoms. The second-order valence-electron chi connectivity index (χ2n) is 11.9. The first-order chi connectivity index (χ1) is 28.9. The third-order valence-electron chi connectivity index (χ3n) is 9.22. The molecule has 9 aromatic carbocycles. The van der Waals surface area contributed by atoms with E-state index < -0.39 is 59.5 Å². The minimum absolute atomic E-state index is 0.0257. The smallest absolute Gasteiger partial charge is 0.136 e. The van der Waals surface area contributed by atoms with Gasteiger partial charge in [-0.25, -0.2) is 0 Å². The highest BCUT2D eigenvalue weighted by atomic mass is 16.3. The van der Waals surface area contributed by atoms with Crippen LogP contribution in [-0.4, -0.2) is 0 Å². The van der Waals surface area contributed by atoms with Crippen molar-refractivity contribution in [3.8, 4) is 44.5 Å². The summed E-state index contributed by atoms with van der Waals surface area (Å²) in [7, 11) is 0. The fourth-order valence-electron chi connectivity index (χ4n) is 7.10. The number of fused-ring (bicyclic) bond motifs is 6. The first kappa shape index (κ1) is 18.8. The van der Waals surface area contributed by atoms with Crippen LogP contribution in [0.15, 0.2) is 186 Å². The summed E-state index contributed by atoms with van der Waals surface area (Å²) in [6.45, 7) is 0. The van der Waals surface area contributed by atoms with Gasteiger partial charge < -0.3 is 4.42 Å². The summed E-state index contributed by atoms with van der Waals surface area (Å²) < 4.78 is 103. The number of hydrogen-bond donors (Lipinski definition) is 0. The van der Waals surface area contributed by atoms with Crippen molar-refractivity contribution < 1.29 is 19.5 Å². The lowest BCUT2D eigenvalue weighted by Gasteiger charge is -2.19. The van der Waals surface area contributed by atoms with Crippen LogP contribution < -0.4 is 0 Å². The van der Waals surface area contributed by atoms with Crippen LogP contribution in [-0.2, 0) is 0 Å². The Kier molecular flexibility index (Phi) is 4.25. The molecular formula is C48H30O. The van der Waals surface area contributed by atoms with E-state index in [9.17, 15) is 2.74 Å². The van der Waals surface area contributed by atoms with Gasteiger partial charge >= 0.3 is 0 Å². The van der Waals surface area contributed by atoms with Gasteiger partial charge in [0.15, 0.2) is 0 Å². The van der Waals surface area contributed by atoms with Crippen molar-refractivity contribution in [2.45, 2.75) is 0 Å². The van der Waals surface area contributed by atoms with E-state index in [0.29, 0.717) is 5.56 Å². The Hall–Kier alpha value is -6.44. The normalized spacial score (nSPS) is 14.8. The van der Waals surface area contributed by atoms with Crippen LogP contribution in [0.5, 0.6) is 0 Å². The number of rotatable bonds is 4. The summed E-state index contributed by atoms with van der Waals surface area (Å²) in [5, 5.41) is 5.73. The Balaban J connectivity index is 1.25. The van der Waals surface area contributed by atoms with Gasteiger partial charge in [-0.1, -0.05) is 158 Å². The van der Waals surface area contributed by atoms with Crippen LogP contribution in [0.1, 0.15) is 15.1 Å². The van der Waals surface area contributed by atoms with E-state index in [4.69, 9.17) is 16.8 Å². The van der Waals surface area contributed by atoms with Gasteiger partial charge in [0.05, 0.1) is 15.1 Å². The van der Waals surface area contributed by atoms with Crippen LogP contribution in [0.2, 0.25) is 0 Å². The lowest BCUT2D eigenvalue weighted by Crippen LogP contribution is -1.92. The predicted molar refractivity (Wildman–Crippen MR) is 208 cm³/mol. The van der Waals surface area contributed by atoms with Gasteiger partial charge in [0, 0.05) is 10.8 Å². The Morgan fingerprint density at radius 2 is 0.898 bits per heavy atom. The molecule has 0 amide bonds. The zero-order valence-corrected chi connectivity index (χ0v) is 25.9. The molecule has 0 atom stereocenters. The second kappa shape index (κ2) is 11.1. The van der Waals surface area contributed by atoms with Crippen LogP contribution >= 0.6 is 0 Å². The molecule has 10 aromatic rings. The maximum Gasteiger partial charge on any atom is 0.136 e. The summed E-state index contributed by atoms with van der Waals surface area (Å²) in [5.74, 6) is 0. The third-order valence-corrected chi connectivity index (χ3v) is 9.22. The first-order valence-electron chi connectivity index (χ1n) is 21.5. The molecule has 0 bridgehead atoms. The van der Waals surface area contributed by atoms with Crippen molar-refractivity contribution in [1.82, 2.24) is 0 Å². The monoisotopic (exact) mass is 633 g/mol. The van der Waals surface area contributed by atoms with E-state index in [1.807, 2.05) is 78.9 Å². The van der Waals surface area contributed by atoms with Crippen molar-refractivity contribution in [3.05, 3.63) is 182 Å². The van der Waals surface area contributed by atoms with Crippen molar-refractivity contribution in [1.29, 1.82) is 0 Å². The van der Waals surface area contributed by atoms with Gasteiger partial charge in [0.25, 0.3) is 0 Å². The highest BCUT2D eigenvalue weighted by Gasteiger charge is 2.19. The molecule has 0 spiro atoms. The number of hydrogen-bond acceptors (Lipinski definition) is 1. The van der Waals surface area contributed by atoms with Crippen molar-refractivity contribution >= 4 is 54.3 Å². The van der Waals surface area contributed by atoms with Gasteiger partial charge in [0.1, 0.15) is 11.2 Å². The zero-order valence-electron chi connectivity index (χ0n) is 36.9. The van der Waals surface area contributed by atoms with Crippen molar-refractivity contribution in [3.63, 3.8) is 0 Å². The van der Waals surface area contributed by atoms with E-state index >= 15 is 0 Å². The maximum absolute atomic E-state index is 9.63. The van der Waals surface area contributed by atoms with Gasteiger partial charge in [0.2, 0.25) is 0 Å². The molecule has 1 aromatic heterocycles. The molecule has 0 aliphatic rings. The van der Waals surface area contributed by atoms with Crippen LogP contribution in [0.4, 0.5) is 0 Å². The topological polar surface area (TPSA) is 13.1 Å². The van der Waals surface area contributed by atoms with Gasteiger partial charge in [-0.05, 0) is 101 Å². The Morgan fingerprint density at radius 3 is 1.59 bits per heavy atom. The highest BCUT2D eigenvalue weighted by molar-refractivity contribution is 6.24. The molecule has 0 unspecified atom stereocenters. The average molecular weight is 634 g/mol. The molecule has 0 radical (unpaired) electrons. The molecule has 228 valence electrons. The second-order valence-corrected chi connectivity index (χ2v) is 11.9. The van der Waals surface area contributed by atoms with Crippen molar-refractivity contribution in [2.75, 3.05) is 0 Å². The molecule has 1 nitrogen and oxygen atoms in total. The molecule has 0 saturated carbocycles. The Labute approximate surface area is 299 Å². The van der Waals surface area contributed by atoms with E-state index in [2.05, 4.69) is 36.4 Å². The lowest BCUT2D eigenvalue weighted by molar-refractivity contribution is 0.669. The summed E-state index contributed by atoms with van der Waals surface area (Å²) >= 11 is 0. The van der Waals surface area contributed by atoms with Gasteiger partial charge in [-0.15, -0.1) is 0 Å². The lowest BCUT2D eigenvalue weighted by atomic mass is 9.84. The minimum atomic E-state index is -0.657. The Morgan fingerprint density at radius 1 is 0.327 bits per heavy atom. The van der Waals surface area contributed by atoms with Crippen LogP contribution in [0.3, 0.4) is 0 Å². The van der Waals surface area contributed by atoms with E-state index in [1.165, 1.54) is 0 Å². The molecule has 0 fully saturated rings. The molecule has 0 aliphatic heterocycles. The summed E-state index contributed by atoms with van der Waals surface area (Å²) in [6, 6.07) is 32.8. The molecule has 1 heterocycles. The summed E-state index contributed by atoms with van der Waals surface area (Å²) in [6.07, 6.45) is 0. The largest absolute Gasteiger partial charge is 0.456 e. The van der Waals surface area contributed by atoms with E-state index in [-0.39, 0.29) is 45.6 Å². The summed E-state index contributed by atoms with van der Waals surface area (Å²) in [5.41, 5.74) is 3.48.